The fourth-order valence-electron chi connectivity index (χ4n) is 4.32. The molecule has 0 spiro atoms. The Balaban J connectivity index is 1.47. The van der Waals surface area contributed by atoms with Gasteiger partial charge in [0.05, 0.1) is 5.69 Å². The summed E-state index contributed by atoms with van der Waals surface area (Å²) in [6.45, 7) is 10.2. The lowest BCUT2D eigenvalue weighted by atomic mass is 10.0. The van der Waals surface area contributed by atoms with Gasteiger partial charge in [0.1, 0.15) is 11.8 Å². The number of nitrogens with one attached hydrogen (secondary N) is 1. The lowest BCUT2D eigenvalue weighted by Crippen LogP contribution is -2.49. The highest BCUT2D eigenvalue weighted by molar-refractivity contribution is 5.95. The fourth-order valence-corrected chi connectivity index (χ4v) is 4.32. The van der Waals surface area contributed by atoms with Crippen molar-refractivity contribution in [2.75, 3.05) is 31.5 Å². The Labute approximate surface area is 183 Å². The van der Waals surface area contributed by atoms with Crippen LogP contribution in [0.3, 0.4) is 0 Å². The summed E-state index contributed by atoms with van der Waals surface area (Å²) in [7, 11) is 0. The van der Waals surface area contributed by atoms with Gasteiger partial charge in [-0.3, -0.25) is 14.6 Å². The van der Waals surface area contributed by atoms with Crippen molar-refractivity contribution in [2.45, 2.75) is 33.4 Å². The van der Waals surface area contributed by atoms with E-state index in [1.54, 1.807) is 0 Å². The molecular weight excluding hydrogens is 388 g/mol. The van der Waals surface area contributed by atoms with E-state index in [0.29, 0.717) is 0 Å². The predicted molar refractivity (Wildman–Crippen MR) is 122 cm³/mol. The monoisotopic (exact) mass is 418 g/mol. The van der Waals surface area contributed by atoms with Crippen molar-refractivity contribution in [3.05, 3.63) is 82.7 Å². The second-order valence-corrected chi connectivity index (χ2v) is 8.42. The average molecular weight is 419 g/mol. The summed E-state index contributed by atoms with van der Waals surface area (Å²) < 4.78 is 5.19. The number of benzene rings is 2. The van der Waals surface area contributed by atoms with Gasteiger partial charge >= 0.3 is 0 Å². The molecule has 6 heteroatoms. The molecule has 2 heterocycles. The summed E-state index contributed by atoms with van der Waals surface area (Å²) in [5.74, 6) is 0.845. The number of anilines is 1. The third-order valence-corrected chi connectivity index (χ3v) is 5.69. The summed E-state index contributed by atoms with van der Waals surface area (Å²) in [6, 6.07) is 17.9. The van der Waals surface area contributed by atoms with Crippen LogP contribution in [0, 0.1) is 20.8 Å². The van der Waals surface area contributed by atoms with Gasteiger partial charge in [0.15, 0.2) is 0 Å². The second-order valence-electron chi connectivity index (χ2n) is 8.42. The number of hydrogen-bond donors (Lipinski definition) is 1. The molecule has 1 saturated heterocycles. The van der Waals surface area contributed by atoms with Crippen molar-refractivity contribution in [2.24, 2.45) is 0 Å². The van der Waals surface area contributed by atoms with Crippen molar-refractivity contribution in [3.63, 3.8) is 0 Å². The summed E-state index contributed by atoms with van der Waals surface area (Å²) in [5.41, 5.74) is 5.11. The van der Waals surface area contributed by atoms with Crippen LogP contribution < -0.4 is 5.32 Å². The molecule has 1 fully saturated rings. The first-order valence-electron chi connectivity index (χ1n) is 10.8. The maximum absolute atomic E-state index is 13.4. The smallest absolute Gasteiger partial charge is 0.246 e. The van der Waals surface area contributed by atoms with Crippen LogP contribution in [0.1, 0.15) is 34.2 Å². The van der Waals surface area contributed by atoms with Crippen molar-refractivity contribution in [1.29, 1.82) is 0 Å². The van der Waals surface area contributed by atoms with Gasteiger partial charge in [-0.25, -0.2) is 0 Å². The second kappa shape index (κ2) is 9.45. The summed E-state index contributed by atoms with van der Waals surface area (Å²) in [6.07, 6.45) is 0. The first-order chi connectivity index (χ1) is 15.0. The number of piperazine rings is 1. The molecule has 0 radical (unpaired) electrons. The van der Waals surface area contributed by atoms with Gasteiger partial charge in [0.2, 0.25) is 5.91 Å². The molecule has 1 aliphatic rings. The first kappa shape index (κ1) is 21.3. The van der Waals surface area contributed by atoms with Gasteiger partial charge in [-0.15, -0.1) is 0 Å². The van der Waals surface area contributed by atoms with Crippen LogP contribution in [0.2, 0.25) is 0 Å². The predicted octanol–water partition coefficient (Wildman–Crippen LogP) is 4.10. The number of amides is 1. The lowest BCUT2D eigenvalue weighted by Gasteiger charge is -2.38. The molecule has 162 valence electrons. The maximum Gasteiger partial charge on any atom is 0.246 e. The fraction of sp³-hybridized carbons (Fsp3) is 0.360. The van der Waals surface area contributed by atoms with Crippen molar-refractivity contribution in [3.8, 4) is 0 Å². The van der Waals surface area contributed by atoms with Gasteiger partial charge in [0.25, 0.3) is 0 Å². The summed E-state index contributed by atoms with van der Waals surface area (Å²) >= 11 is 0. The largest absolute Gasteiger partial charge is 0.361 e. The van der Waals surface area contributed by atoms with Crippen LogP contribution in [0.15, 0.2) is 59.1 Å². The van der Waals surface area contributed by atoms with Crippen LogP contribution in [-0.4, -0.2) is 47.0 Å². The van der Waals surface area contributed by atoms with Gasteiger partial charge in [-0.05, 0) is 49.6 Å². The van der Waals surface area contributed by atoms with Crippen molar-refractivity contribution >= 4 is 11.6 Å². The Morgan fingerprint density at radius 3 is 2.29 bits per heavy atom. The molecule has 0 bridgehead atoms. The van der Waals surface area contributed by atoms with Crippen molar-refractivity contribution in [1.82, 2.24) is 15.0 Å². The zero-order valence-electron chi connectivity index (χ0n) is 18.5. The molecule has 1 N–H and O–H groups in total. The zero-order chi connectivity index (χ0) is 21.8. The van der Waals surface area contributed by atoms with E-state index in [-0.39, 0.29) is 11.9 Å². The van der Waals surface area contributed by atoms with Crippen LogP contribution in [0.25, 0.3) is 0 Å². The minimum atomic E-state index is -0.321. The normalized spacial score (nSPS) is 16.2. The lowest BCUT2D eigenvalue weighted by molar-refractivity contribution is -0.122. The number of carbonyl (C=O) groups is 1. The number of aromatic nitrogens is 1. The molecule has 31 heavy (non-hydrogen) atoms. The van der Waals surface area contributed by atoms with E-state index in [4.69, 9.17) is 4.52 Å². The Morgan fingerprint density at radius 2 is 1.68 bits per heavy atom. The maximum atomic E-state index is 13.4. The summed E-state index contributed by atoms with van der Waals surface area (Å²) in [5, 5.41) is 7.26. The molecule has 4 rings (SSSR count). The van der Waals surface area contributed by atoms with Gasteiger partial charge in [-0.2, -0.15) is 0 Å². The number of aryl methyl sites for hydroxylation is 3. The third-order valence-electron chi connectivity index (χ3n) is 5.69. The third kappa shape index (κ3) is 5.40. The standard InChI is InChI=1S/C25H30N4O2/c1-18-13-19(2)15-22(14-18)26-25(30)24(21-7-5-4-6-8-21)29-11-9-28(10-12-29)17-23-16-20(3)31-27-23/h4-8,13-16,24H,9-12,17H2,1-3H3,(H,26,30)/t24-/m0/s1. The average Bonchev–Trinajstić information content (AvgIpc) is 3.14. The van der Waals surface area contributed by atoms with E-state index in [2.05, 4.69) is 26.3 Å². The highest BCUT2D eigenvalue weighted by atomic mass is 16.5. The van der Waals surface area contributed by atoms with Crippen LogP contribution in [-0.2, 0) is 11.3 Å². The molecule has 0 saturated carbocycles. The molecule has 0 aliphatic carbocycles. The van der Waals surface area contributed by atoms with Gasteiger partial charge < -0.3 is 9.84 Å². The van der Waals surface area contributed by atoms with E-state index in [1.165, 1.54) is 0 Å². The highest BCUT2D eigenvalue weighted by Crippen LogP contribution is 2.25. The minimum Gasteiger partial charge on any atom is -0.361 e. The van der Waals surface area contributed by atoms with Crippen LogP contribution in [0.4, 0.5) is 5.69 Å². The SMILES string of the molecule is Cc1cc(C)cc(NC(=O)[C@H](c2ccccc2)N2CCN(Cc3cc(C)on3)CC2)c1. The molecule has 1 amide bonds. The molecule has 1 atom stereocenters. The molecule has 1 aliphatic heterocycles. The summed E-state index contributed by atoms with van der Waals surface area (Å²) in [4.78, 5) is 18.1. The van der Waals surface area contributed by atoms with E-state index in [0.717, 1.165) is 66.6 Å². The molecular formula is C25H30N4O2. The van der Waals surface area contributed by atoms with E-state index < -0.39 is 0 Å². The Bertz CT molecular complexity index is 1000. The Hall–Kier alpha value is -2.96. The zero-order valence-corrected chi connectivity index (χ0v) is 18.5. The number of hydrogen-bond acceptors (Lipinski definition) is 5. The highest BCUT2D eigenvalue weighted by Gasteiger charge is 2.30. The topological polar surface area (TPSA) is 61.6 Å². The van der Waals surface area contributed by atoms with Gasteiger partial charge in [0, 0.05) is 44.5 Å². The van der Waals surface area contributed by atoms with Crippen LogP contribution in [0.5, 0.6) is 0 Å². The minimum absolute atomic E-state index is 0.0109. The molecule has 6 nitrogen and oxygen atoms in total. The van der Waals surface area contributed by atoms with E-state index in [1.807, 2.05) is 69.3 Å². The Morgan fingerprint density at radius 1 is 1.00 bits per heavy atom. The van der Waals surface area contributed by atoms with E-state index >= 15 is 0 Å². The van der Waals surface area contributed by atoms with Crippen LogP contribution >= 0.6 is 0 Å². The molecule has 3 aromatic rings. The number of nitrogens with zero attached hydrogens (tertiary/aromatic N) is 3. The Kier molecular flexibility index (Phi) is 6.49. The van der Waals surface area contributed by atoms with Crippen molar-refractivity contribution < 1.29 is 9.32 Å². The quantitative estimate of drug-likeness (QED) is 0.653. The number of rotatable bonds is 6. The molecule has 2 aromatic carbocycles. The van der Waals surface area contributed by atoms with E-state index in [9.17, 15) is 4.79 Å². The van der Waals surface area contributed by atoms with Gasteiger partial charge in [-0.1, -0.05) is 41.6 Å². The first-order valence-corrected chi connectivity index (χ1v) is 10.8. The number of carbonyl (C=O) groups excluding carboxylic acids is 1. The molecule has 0 unspecified atom stereocenters. The molecule has 1 aromatic heterocycles.